The van der Waals surface area contributed by atoms with E-state index >= 15 is 0 Å². The molecule has 3 N–H and O–H groups in total. The molecule has 156 valence electrons. The third-order valence-corrected chi connectivity index (χ3v) is 4.84. The van der Waals surface area contributed by atoms with Gasteiger partial charge in [0.2, 0.25) is 0 Å². The molecule has 1 unspecified atom stereocenters. The molecule has 0 fully saturated rings. The van der Waals surface area contributed by atoms with Gasteiger partial charge in [0.1, 0.15) is 0 Å². The summed E-state index contributed by atoms with van der Waals surface area (Å²) in [5, 5.41) is 9.47. The molecular formula is C23H33N5O. The maximum absolute atomic E-state index is 12.0. The number of hydrogen-bond acceptors (Lipinski definition) is 3. The minimum Gasteiger partial charge on any atom is -0.356 e. The Kier molecular flexibility index (Phi) is 9.72. The van der Waals surface area contributed by atoms with Crippen molar-refractivity contribution < 1.29 is 4.79 Å². The van der Waals surface area contributed by atoms with Crippen LogP contribution in [0.15, 0.2) is 65.7 Å². The molecule has 2 rings (SSSR count). The highest BCUT2D eigenvalue weighted by Gasteiger charge is 2.10. The molecule has 0 aromatic heterocycles. The number of aliphatic imine (C=N–C) groups is 1. The minimum atomic E-state index is -0.0642. The molecule has 0 aliphatic rings. The highest BCUT2D eigenvalue weighted by atomic mass is 16.1. The van der Waals surface area contributed by atoms with Crippen LogP contribution in [0.2, 0.25) is 0 Å². The van der Waals surface area contributed by atoms with E-state index in [0.29, 0.717) is 24.7 Å². The maximum atomic E-state index is 12.0. The number of benzene rings is 2. The molecule has 2 aromatic carbocycles. The second-order valence-corrected chi connectivity index (χ2v) is 7.09. The van der Waals surface area contributed by atoms with E-state index in [2.05, 4.69) is 64.1 Å². The van der Waals surface area contributed by atoms with E-state index < -0.39 is 0 Å². The zero-order valence-electron chi connectivity index (χ0n) is 17.7. The van der Waals surface area contributed by atoms with Gasteiger partial charge in [-0.1, -0.05) is 48.5 Å². The predicted molar refractivity (Wildman–Crippen MR) is 120 cm³/mol. The average molecular weight is 396 g/mol. The highest BCUT2D eigenvalue weighted by molar-refractivity contribution is 5.94. The smallest absolute Gasteiger partial charge is 0.251 e. The quantitative estimate of drug-likeness (QED) is 0.328. The van der Waals surface area contributed by atoms with E-state index in [1.54, 1.807) is 19.2 Å². The van der Waals surface area contributed by atoms with Gasteiger partial charge in [-0.25, -0.2) is 0 Å². The van der Waals surface area contributed by atoms with Crippen molar-refractivity contribution in [3.63, 3.8) is 0 Å². The zero-order chi connectivity index (χ0) is 20.9. The van der Waals surface area contributed by atoms with Crippen LogP contribution < -0.4 is 16.0 Å². The molecule has 0 saturated carbocycles. The number of guanidine groups is 1. The van der Waals surface area contributed by atoms with Crippen molar-refractivity contribution in [1.82, 2.24) is 20.9 Å². The molecule has 0 aliphatic heterocycles. The largest absolute Gasteiger partial charge is 0.356 e. The van der Waals surface area contributed by atoms with Gasteiger partial charge in [0.05, 0.1) is 0 Å². The van der Waals surface area contributed by atoms with Crippen molar-refractivity contribution in [2.24, 2.45) is 4.99 Å². The molecule has 1 atom stereocenters. The van der Waals surface area contributed by atoms with Crippen LogP contribution in [0.5, 0.6) is 0 Å². The normalized spacial score (nSPS) is 12.5. The monoisotopic (exact) mass is 395 g/mol. The Labute approximate surface area is 174 Å². The van der Waals surface area contributed by atoms with Crippen LogP contribution in [-0.2, 0) is 6.54 Å². The summed E-state index contributed by atoms with van der Waals surface area (Å²) in [6.45, 7) is 5.15. The number of nitrogens with zero attached hydrogens (tertiary/aromatic N) is 2. The first-order valence-electron chi connectivity index (χ1n) is 10.1. The number of hydrogen-bond donors (Lipinski definition) is 3. The number of carbonyl (C=O) groups excluding carboxylic acids is 1. The van der Waals surface area contributed by atoms with Gasteiger partial charge in [-0.05, 0) is 38.1 Å². The average Bonchev–Trinajstić information content (AvgIpc) is 2.76. The Balaban J connectivity index is 1.61. The summed E-state index contributed by atoms with van der Waals surface area (Å²) in [6, 6.07) is 20.2. The van der Waals surface area contributed by atoms with Crippen LogP contribution in [0.4, 0.5) is 0 Å². The predicted octanol–water partition coefficient (Wildman–Crippen LogP) is 2.49. The fraction of sp³-hybridized carbons (Fsp3) is 0.391. The standard InChI is InChI=1S/C23H33N5O/c1-19(28(3)18-20-10-6-4-7-11-20)14-15-26-23(24-2)27-17-16-25-22(29)21-12-8-5-9-13-21/h4-13,19H,14-18H2,1-3H3,(H,25,29)(H2,24,26,27). The summed E-state index contributed by atoms with van der Waals surface area (Å²) in [6.07, 6.45) is 1.01. The lowest BCUT2D eigenvalue weighted by Gasteiger charge is -2.25. The second kappa shape index (κ2) is 12.6. The summed E-state index contributed by atoms with van der Waals surface area (Å²) < 4.78 is 0. The van der Waals surface area contributed by atoms with Gasteiger partial charge in [-0.15, -0.1) is 0 Å². The highest BCUT2D eigenvalue weighted by Crippen LogP contribution is 2.07. The molecule has 2 aromatic rings. The first-order valence-corrected chi connectivity index (χ1v) is 10.1. The molecular weight excluding hydrogens is 362 g/mol. The van der Waals surface area contributed by atoms with E-state index in [9.17, 15) is 4.79 Å². The second-order valence-electron chi connectivity index (χ2n) is 7.09. The molecule has 0 bridgehead atoms. The Morgan fingerprint density at radius 2 is 1.52 bits per heavy atom. The molecule has 0 aliphatic carbocycles. The topological polar surface area (TPSA) is 68.8 Å². The zero-order valence-corrected chi connectivity index (χ0v) is 17.7. The van der Waals surface area contributed by atoms with Crippen LogP contribution in [0, 0.1) is 0 Å². The summed E-state index contributed by atoms with van der Waals surface area (Å²) in [4.78, 5) is 18.6. The summed E-state index contributed by atoms with van der Waals surface area (Å²) in [7, 11) is 3.91. The van der Waals surface area contributed by atoms with Gasteiger partial charge in [0, 0.05) is 44.8 Å². The van der Waals surface area contributed by atoms with Gasteiger partial charge in [-0.3, -0.25) is 14.7 Å². The molecule has 6 heteroatoms. The molecule has 0 heterocycles. The van der Waals surface area contributed by atoms with Gasteiger partial charge < -0.3 is 16.0 Å². The number of nitrogens with one attached hydrogen (secondary N) is 3. The lowest BCUT2D eigenvalue weighted by Crippen LogP contribution is -2.43. The molecule has 29 heavy (non-hydrogen) atoms. The summed E-state index contributed by atoms with van der Waals surface area (Å²) in [5.74, 6) is 0.683. The van der Waals surface area contributed by atoms with Crippen LogP contribution in [-0.4, -0.2) is 56.5 Å². The lowest BCUT2D eigenvalue weighted by atomic mass is 10.1. The fourth-order valence-electron chi connectivity index (χ4n) is 2.92. The Bertz CT molecular complexity index is 748. The van der Waals surface area contributed by atoms with Crippen LogP contribution in [0.1, 0.15) is 29.3 Å². The molecule has 6 nitrogen and oxygen atoms in total. The van der Waals surface area contributed by atoms with Gasteiger partial charge in [0.15, 0.2) is 5.96 Å². The molecule has 1 amide bonds. The van der Waals surface area contributed by atoms with E-state index in [0.717, 1.165) is 25.5 Å². The minimum absolute atomic E-state index is 0.0642. The summed E-state index contributed by atoms with van der Waals surface area (Å²) >= 11 is 0. The van der Waals surface area contributed by atoms with Crippen molar-refractivity contribution in [2.75, 3.05) is 33.7 Å². The lowest BCUT2D eigenvalue weighted by molar-refractivity contribution is 0.0954. The Morgan fingerprint density at radius 3 is 2.17 bits per heavy atom. The third kappa shape index (κ3) is 8.35. The first-order chi connectivity index (χ1) is 14.1. The third-order valence-electron chi connectivity index (χ3n) is 4.84. The van der Waals surface area contributed by atoms with Crippen LogP contribution >= 0.6 is 0 Å². The van der Waals surface area contributed by atoms with Crippen molar-refractivity contribution in [2.45, 2.75) is 25.9 Å². The number of amides is 1. The molecule has 0 radical (unpaired) electrons. The Morgan fingerprint density at radius 1 is 0.931 bits per heavy atom. The van der Waals surface area contributed by atoms with Gasteiger partial charge >= 0.3 is 0 Å². The van der Waals surface area contributed by atoms with Gasteiger partial charge in [0.25, 0.3) is 5.91 Å². The van der Waals surface area contributed by atoms with Crippen molar-refractivity contribution >= 4 is 11.9 Å². The number of rotatable bonds is 10. The van der Waals surface area contributed by atoms with Crippen molar-refractivity contribution in [1.29, 1.82) is 0 Å². The van der Waals surface area contributed by atoms with E-state index in [1.165, 1.54) is 5.56 Å². The van der Waals surface area contributed by atoms with Crippen LogP contribution in [0.3, 0.4) is 0 Å². The van der Waals surface area contributed by atoms with Crippen LogP contribution in [0.25, 0.3) is 0 Å². The summed E-state index contributed by atoms with van der Waals surface area (Å²) in [5.41, 5.74) is 1.99. The van der Waals surface area contributed by atoms with E-state index in [1.807, 2.05) is 24.3 Å². The maximum Gasteiger partial charge on any atom is 0.251 e. The first kappa shape index (κ1) is 22.4. The van der Waals surface area contributed by atoms with Crippen molar-refractivity contribution in [3.8, 4) is 0 Å². The van der Waals surface area contributed by atoms with E-state index in [-0.39, 0.29) is 5.91 Å². The van der Waals surface area contributed by atoms with E-state index in [4.69, 9.17) is 0 Å². The molecule has 0 spiro atoms. The number of carbonyl (C=O) groups is 1. The fourth-order valence-corrected chi connectivity index (χ4v) is 2.92. The van der Waals surface area contributed by atoms with Gasteiger partial charge in [-0.2, -0.15) is 0 Å². The van der Waals surface area contributed by atoms with Crippen molar-refractivity contribution in [3.05, 3.63) is 71.8 Å². The molecule has 0 saturated heterocycles. The Hall–Kier alpha value is -2.86. The SMILES string of the molecule is CN=C(NCCNC(=O)c1ccccc1)NCCC(C)N(C)Cc1ccccc1.